The average Bonchev–Trinajstić information content (AvgIpc) is 3.08. The van der Waals surface area contributed by atoms with Crippen molar-refractivity contribution in [2.45, 2.75) is 13.8 Å². The summed E-state index contributed by atoms with van der Waals surface area (Å²) in [5.41, 5.74) is 1.25. The zero-order valence-electron chi connectivity index (χ0n) is 15.5. The summed E-state index contributed by atoms with van der Waals surface area (Å²) in [6.07, 6.45) is 0. The Kier molecular flexibility index (Phi) is 6.29. The van der Waals surface area contributed by atoms with E-state index in [1.165, 1.54) is 11.3 Å². The summed E-state index contributed by atoms with van der Waals surface area (Å²) in [6.45, 7) is 4.57. The van der Waals surface area contributed by atoms with Gasteiger partial charge in [-0.3, -0.25) is 10.1 Å². The Morgan fingerprint density at radius 1 is 1.11 bits per heavy atom. The van der Waals surface area contributed by atoms with Crippen molar-refractivity contribution >= 4 is 32.6 Å². The van der Waals surface area contributed by atoms with Gasteiger partial charge < -0.3 is 14.2 Å². The Morgan fingerprint density at radius 2 is 1.93 bits per heavy atom. The lowest BCUT2D eigenvalue weighted by atomic mass is 10.2. The maximum atomic E-state index is 12.2. The monoisotopic (exact) mass is 397 g/mol. The van der Waals surface area contributed by atoms with Crippen molar-refractivity contribution in [1.82, 2.24) is 4.98 Å². The van der Waals surface area contributed by atoms with Gasteiger partial charge in [-0.25, -0.2) is 4.98 Å². The van der Waals surface area contributed by atoms with Gasteiger partial charge in [0.15, 0.2) is 23.2 Å². The van der Waals surface area contributed by atoms with E-state index in [4.69, 9.17) is 19.5 Å². The molecule has 1 amide bonds. The van der Waals surface area contributed by atoms with Gasteiger partial charge in [-0.2, -0.15) is 5.26 Å². The first-order chi connectivity index (χ1) is 13.6. The van der Waals surface area contributed by atoms with Gasteiger partial charge in [0.1, 0.15) is 5.75 Å². The molecule has 0 saturated carbocycles. The molecule has 3 rings (SSSR count). The zero-order valence-corrected chi connectivity index (χ0v) is 16.3. The molecule has 28 heavy (non-hydrogen) atoms. The number of nitrogens with zero attached hydrogens (tertiary/aromatic N) is 2. The molecule has 144 valence electrons. The van der Waals surface area contributed by atoms with Crippen molar-refractivity contribution in [2.24, 2.45) is 0 Å². The van der Waals surface area contributed by atoms with Crippen molar-refractivity contribution in [1.29, 1.82) is 5.26 Å². The molecule has 8 heteroatoms. The molecule has 0 unspecified atom stereocenters. The second kappa shape index (κ2) is 9.06. The van der Waals surface area contributed by atoms with Crippen LogP contribution in [0, 0.1) is 11.3 Å². The van der Waals surface area contributed by atoms with Gasteiger partial charge in [-0.1, -0.05) is 11.3 Å². The minimum atomic E-state index is -0.337. The number of nitriles is 1. The van der Waals surface area contributed by atoms with E-state index >= 15 is 0 Å². The van der Waals surface area contributed by atoms with Crippen LogP contribution in [0.5, 0.6) is 17.2 Å². The molecule has 0 aliphatic heterocycles. The van der Waals surface area contributed by atoms with E-state index in [1.807, 2.05) is 38.1 Å². The number of aromatic nitrogens is 1. The van der Waals surface area contributed by atoms with Gasteiger partial charge in [0, 0.05) is 6.07 Å². The number of nitrogens with one attached hydrogen (secondary N) is 1. The molecule has 0 spiro atoms. The van der Waals surface area contributed by atoms with Gasteiger partial charge in [0.2, 0.25) is 0 Å². The molecule has 1 heterocycles. The van der Waals surface area contributed by atoms with Crippen LogP contribution < -0.4 is 19.5 Å². The highest BCUT2D eigenvalue weighted by Gasteiger charge is 2.12. The summed E-state index contributed by atoms with van der Waals surface area (Å²) in [6, 6.07) is 12.5. The smallest absolute Gasteiger partial charge is 0.264 e. The first-order valence-corrected chi connectivity index (χ1v) is 9.57. The van der Waals surface area contributed by atoms with Crippen molar-refractivity contribution in [3.8, 4) is 23.3 Å². The highest BCUT2D eigenvalue weighted by molar-refractivity contribution is 7.22. The van der Waals surface area contributed by atoms with Crippen LogP contribution >= 0.6 is 11.3 Å². The normalized spacial score (nSPS) is 10.3. The summed E-state index contributed by atoms with van der Waals surface area (Å²) in [5.74, 6) is 1.26. The van der Waals surface area contributed by atoms with Crippen LogP contribution in [0.3, 0.4) is 0 Å². The third-order valence-electron chi connectivity index (χ3n) is 3.65. The molecule has 0 atom stereocenters. The topological polar surface area (TPSA) is 93.5 Å². The molecule has 1 N–H and O–H groups in total. The predicted octanol–water partition coefficient (Wildman–Crippen LogP) is 3.98. The van der Waals surface area contributed by atoms with Crippen molar-refractivity contribution in [3.63, 3.8) is 0 Å². The van der Waals surface area contributed by atoms with Crippen molar-refractivity contribution in [2.75, 3.05) is 25.1 Å². The molecular formula is C20H19N3O4S. The average molecular weight is 397 g/mol. The summed E-state index contributed by atoms with van der Waals surface area (Å²) in [7, 11) is 0. The fourth-order valence-corrected chi connectivity index (χ4v) is 3.39. The Hall–Kier alpha value is -3.31. The van der Waals surface area contributed by atoms with E-state index in [0.29, 0.717) is 35.4 Å². The molecule has 0 aliphatic carbocycles. The summed E-state index contributed by atoms with van der Waals surface area (Å²) in [5, 5.41) is 12.2. The number of fused-ring (bicyclic) bond motifs is 1. The van der Waals surface area contributed by atoms with Crippen LogP contribution in [0.1, 0.15) is 19.4 Å². The lowest BCUT2D eigenvalue weighted by molar-refractivity contribution is -0.118. The second-order valence-electron chi connectivity index (χ2n) is 5.62. The predicted molar refractivity (Wildman–Crippen MR) is 107 cm³/mol. The van der Waals surface area contributed by atoms with Gasteiger partial charge >= 0.3 is 0 Å². The van der Waals surface area contributed by atoms with Gasteiger partial charge in [-0.05, 0) is 44.2 Å². The maximum absolute atomic E-state index is 12.2. The van der Waals surface area contributed by atoms with Crippen LogP contribution in [-0.4, -0.2) is 30.7 Å². The van der Waals surface area contributed by atoms with Crippen LogP contribution in [0.15, 0.2) is 36.4 Å². The third kappa shape index (κ3) is 4.69. The quantitative estimate of drug-likeness (QED) is 0.618. The van der Waals surface area contributed by atoms with Crippen LogP contribution in [-0.2, 0) is 4.79 Å². The number of rotatable bonds is 8. The van der Waals surface area contributed by atoms with Crippen LogP contribution in [0.2, 0.25) is 0 Å². The molecule has 7 nitrogen and oxygen atoms in total. The van der Waals surface area contributed by atoms with E-state index < -0.39 is 0 Å². The Balaban J connectivity index is 1.64. The lowest BCUT2D eigenvalue weighted by Gasteiger charge is -2.11. The second-order valence-corrected chi connectivity index (χ2v) is 6.66. The molecule has 0 radical (unpaired) electrons. The van der Waals surface area contributed by atoms with E-state index in [-0.39, 0.29) is 12.5 Å². The molecule has 0 bridgehead atoms. The van der Waals surface area contributed by atoms with Crippen molar-refractivity contribution < 1.29 is 19.0 Å². The number of amides is 1. The number of carbonyl (C=O) groups is 1. The number of ether oxygens (including phenoxy) is 3. The lowest BCUT2D eigenvalue weighted by Crippen LogP contribution is -2.20. The fraction of sp³-hybridized carbons (Fsp3) is 0.250. The Labute approximate surface area is 166 Å². The Bertz CT molecular complexity index is 1030. The first kappa shape index (κ1) is 19.5. The van der Waals surface area contributed by atoms with E-state index in [2.05, 4.69) is 10.3 Å². The summed E-state index contributed by atoms with van der Waals surface area (Å²) in [4.78, 5) is 16.6. The highest BCUT2D eigenvalue weighted by atomic mass is 32.1. The fourth-order valence-electron chi connectivity index (χ4n) is 2.48. The molecule has 0 aliphatic rings. The van der Waals surface area contributed by atoms with Gasteiger partial charge in [0.25, 0.3) is 5.91 Å². The number of carbonyl (C=O) groups excluding carboxylic acids is 1. The highest BCUT2D eigenvalue weighted by Crippen LogP contribution is 2.30. The number of hydrogen-bond donors (Lipinski definition) is 1. The van der Waals surface area contributed by atoms with Crippen LogP contribution in [0.4, 0.5) is 5.13 Å². The maximum Gasteiger partial charge on any atom is 0.264 e. The van der Waals surface area contributed by atoms with Crippen molar-refractivity contribution in [3.05, 3.63) is 42.0 Å². The van der Waals surface area contributed by atoms with E-state index in [9.17, 15) is 4.79 Å². The summed E-state index contributed by atoms with van der Waals surface area (Å²) >= 11 is 1.36. The largest absolute Gasteiger partial charge is 0.494 e. The molecule has 3 aromatic rings. The minimum Gasteiger partial charge on any atom is -0.494 e. The molecule has 0 fully saturated rings. The summed E-state index contributed by atoms with van der Waals surface area (Å²) < 4.78 is 17.4. The first-order valence-electron chi connectivity index (χ1n) is 8.76. The molecular weight excluding hydrogens is 378 g/mol. The Morgan fingerprint density at radius 3 is 2.68 bits per heavy atom. The zero-order chi connectivity index (χ0) is 19.9. The van der Waals surface area contributed by atoms with Gasteiger partial charge in [0.05, 0.1) is 35.1 Å². The minimum absolute atomic E-state index is 0.202. The standard InChI is InChI=1S/C20H19N3O4S/c1-3-25-14-6-7-15-18(10-14)28-20(22-15)23-19(24)12-27-16-8-5-13(11-21)9-17(16)26-4-2/h5-10H,3-4,12H2,1-2H3,(H,22,23,24). The molecule has 2 aromatic carbocycles. The number of hydrogen-bond acceptors (Lipinski definition) is 7. The number of anilines is 1. The number of thiazole rings is 1. The SMILES string of the molecule is CCOc1ccc2nc(NC(=O)COc3ccc(C#N)cc3OCC)sc2c1. The third-order valence-corrected chi connectivity index (χ3v) is 4.58. The van der Waals surface area contributed by atoms with E-state index in [0.717, 1.165) is 16.0 Å². The van der Waals surface area contributed by atoms with E-state index in [1.54, 1.807) is 18.2 Å². The van der Waals surface area contributed by atoms with Gasteiger partial charge in [-0.15, -0.1) is 0 Å². The molecule has 0 saturated heterocycles. The number of benzene rings is 2. The molecule has 1 aromatic heterocycles. The van der Waals surface area contributed by atoms with Crippen LogP contribution in [0.25, 0.3) is 10.2 Å².